The molecule has 0 amide bonds. The second-order valence-corrected chi connectivity index (χ2v) is 17.0. The van der Waals surface area contributed by atoms with Gasteiger partial charge in [0.1, 0.15) is 25.7 Å². The molecule has 10 aromatic rings. The van der Waals surface area contributed by atoms with Crippen LogP contribution in [0.2, 0.25) is 0 Å². The Hall–Kier alpha value is -7.22. The molecule has 0 N–H and O–H groups in total. The van der Waals surface area contributed by atoms with E-state index in [0.29, 0.717) is 18.7 Å². The van der Waals surface area contributed by atoms with E-state index in [1.807, 2.05) is 91.0 Å². The molecule has 0 aromatic heterocycles. The molecule has 1 spiro atoms. The van der Waals surface area contributed by atoms with Crippen molar-refractivity contribution in [2.75, 3.05) is 0 Å². The van der Waals surface area contributed by atoms with E-state index < -0.39 is 40.9 Å². The van der Waals surface area contributed by atoms with E-state index in [1.54, 1.807) is 0 Å². The van der Waals surface area contributed by atoms with Crippen molar-refractivity contribution < 1.29 is 30.8 Å². The zero-order chi connectivity index (χ0) is 42.7. The van der Waals surface area contributed by atoms with E-state index in [4.69, 9.17) is 0 Å². The fourth-order valence-corrected chi connectivity index (χ4v) is 11.1. The smallest absolute Gasteiger partial charge is 0.194 e. The van der Waals surface area contributed by atoms with E-state index in [0.717, 1.165) is 112 Å². The van der Waals surface area contributed by atoms with Crippen LogP contribution in [0, 0.1) is 34.9 Å². The van der Waals surface area contributed by atoms with Crippen molar-refractivity contribution in [3.05, 3.63) is 227 Å². The zero-order valence-corrected chi connectivity index (χ0v) is 33.5. The van der Waals surface area contributed by atoms with Gasteiger partial charge in [0, 0.05) is 38.9 Å². The summed E-state index contributed by atoms with van der Waals surface area (Å²) in [5, 5.41) is 7.61. The number of fused-ring (bicyclic) bond motifs is 14. The summed E-state index contributed by atoms with van der Waals surface area (Å²) in [5.74, 6) is -8.36. The third-order valence-corrected chi connectivity index (χ3v) is 13.6. The summed E-state index contributed by atoms with van der Waals surface area (Å²) >= 11 is 0. The molecule has 7 heteroatoms. The summed E-state index contributed by atoms with van der Waals surface area (Å²) in [5.41, 5.74) is 8.04. The lowest BCUT2D eigenvalue weighted by atomic mass is 9.82. The Bertz CT molecular complexity index is 3460. The van der Waals surface area contributed by atoms with Gasteiger partial charge in [-0.3, -0.25) is 0 Å². The lowest BCUT2D eigenvalue weighted by Crippen LogP contribution is -2.48. The van der Waals surface area contributed by atoms with E-state index >= 15 is 22.0 Å². The Morgan fingerprint density at radius 3 is 1.33 bits per heavy atom. The molecule has 2 aliphatic heterocycles. The molecule has 12 rings (SSSR count). The highest BCUT2D eigenvalue weighted by molar-refractivity contribution is 6.11. The van der Waals surface area contributed by atoms with Crippen LogP contribution in [0.4, 0.5) is 26.3 Å². The highest BCUT2D eigenvalue weighted by atomic mass is 19.2. The summed E-state index contributed by atoms with van der Waals surface area (Å²) in [6, 6.07) is 50.1. The highest BCUT2D eigenvalue weighted by Crippen LogP contribution is 2.56. The molecular weight excluding hydrogens is 801 g/mol. The van der Waals surface area contributed by atoms with Crippen LogP contribution < -0.4 is 0 Å². The molecule has 63 heavy (non-hydrogen) atoms. The van der Waals surface area contributed by atoms with Crippen LogP contribution in [0.25, 0.3) is 76.5 Å². The van der Waals surface area contributed by atoms with Gasteiger partial charge in [-0.15, -0.1) is 0 Å². The maximum atomic E-state index is 15.9. The fourth-order valence-electron chi connectivity index (χ4n) is 11.1. The van der Waals surface area contributed by atoms with E-state index in [9.17, 15) is 4.39 Å². The van der Waals surface area contributed by atoms with E-state index in [2.05, 4.69) is 48.5 Å². The molecule has 1 nitrogen and oxygen atoms in total. The van der Waals surface area contributed by atoms with Gasteiger partial charge in [0.05, 0.1) is 0 Å². The van der Waals surface area contributed by atoms with Gasteiger partial charge in [-0.2, -0.15) is 0 Å². The van der Waals surface area contributed by atoms with Gasteiger partial charge in [-0.1, -0.05) is 133 Å². The molecule has 0 aliphatic carbocycles. The molecule has 0 saturated carbocycles. The van der Waals surface area contributed by atoms with Crippen molar-refractivity contribution in [3.63, 3.8) is 0 Å². The minimum absolute atomic E-state index is 0.108. The number of hydrogen-bond acceptors (Lipinski definition) is 0. The van der Waals surface area contributed by atoms with Crippen molar-refractivity contribution in [1.82, 2.24) is 0 Å². The van der Waals surface area contributed by atoms with Gasteiger partial charge in [-0.25, -0.2) is 26.3 Å². The fraction of sp³-hybridized carbons (Fsp3) is 0.0714. The lowest BCUT2D eigenvalue weighted by Gasteiger charge is -2.45. The number of rotatable bonds is 2. The summed E-state index contributed by atoms with van der Waals surface area (Å²) in [6.45, 7) is 0.847. The third kappa shape index (κ3) is 5.62. The third-order valence-electron chi connectivity index (χ3n) is 13.6. The number of benzene rings is 10. The Morgan fingerprint density at radius 1 is 0.381 bits per heavy atom. The first-order valence-electron chi connectivity index (χ1n) is 20.9. The summed E-state index contributed by atoms with van der Waals surface area (Å²) in [7, 11) is 0. The number of hydrogen-bond donors (Lipinski definition) is 0. The zero-order valence-electron chi connectivity index (χ0n) is 33.5. The van der Waals surface area contributed by atoms with Crippen molar-refractivity contribution in [3.8, 4) is 33.4 Å². The SMILES string of the molecule is Fc1cc(-c2cc3ccccc3c3c2C[N+]2(Cc4ccc5ccccc5c4-c4c(ccc5ccccc45)C2)C(c2cc(F)c(F)c(F)c2)c2ccc4ccccc4c2-3)cc(F)c1F. The van der Waals surface area contributed by atoms with Crippen molar-refractivity contribution in [1.29, 1.82) is 0 Å². The Kier molecular flexibility index (Phi) is 8.28. The van der Waals surface area contributed by atoms with Gasteiger partial charge >= 0.3 is 0 Å². The molecule has 0 radical (unpaired) electrons. The number of halogens is 6. The summed E-state index contributed by atoms with van der Waals surface area (Å²) < 4.78 is 92.8. The van der Waals surface area contributed by atoms with Gasteiger partial charge in [0.25, 0.3) is 0 Å². The van der Waals surface area contributed by atoms with E-state index in [1.165, 1.54) is 0 Å². The Balaban J connectivity index is 1.29. The minimum atomic E-state index is -1.56. The van der Waals surface area contributed by atoms with Gasteiger partial charge < -0.3 is 4.48 Å². The van der Waals surface area contributed by atoms with Gasteiger partial charge in [0.15, 0.2) is 34.9 Å². The monoisotopic (exact) mass is 834 g/mol. The summed E-state index contributed by atoms with van der Waals surface area (Å²) in [4.78, 5) is 0. The van der Waals surface area contributed by atoms with E-state index in [-0.39, 0.29) is 22.2 Å². The normalized spacial score (nSPS) is 15.2. The first kappa shape index (κ1) is 37.5. The predicted octanol–water partition coefficient (Wildman–Crippen LogP) is 15.3. The molecule has 2 heterocycles. The Labute approximate surface area is 358 Å². The molecule has 1 atom stereocenters. The standard InChI is InChI=1S/C56H34F6N/c57-46-24-37(25-47(58)54(46)61)44-23-34-12-4-8-16-42(34)53-45(44)30-63(56(38-26-48(59)55(62)49(60)27-38)43-22-21-33-11-3-7-15-41(33)52(43)53)28-35-19-17-31-9-1-5-13-39(31)50(35)51-36(29-63)20-18-32-10-2-6-14-40(32)51/h1-27,56H,28-30H2/q+1. The minimum Gasteiger partial charge on any atom is -0.302 e. The molecule has 10 aromatic carbocycles. The van der Waals surface area contributed by atoms with Crippen LogP contribution in [0.3, 0.4) is 0 Å². The maximum Gasteiger partial charge on any atom is 0.194 e. The average molecular weight is 835 g/mol. The molecule has 0 bridgehead atoms. The van der Waals surface area contributed by atoms with Gasteiger partial charge in [0.2, 0.25) is 0 Å². The second kappa shape index (κ2) is 13.9. The van der Waals surface area contributed by atoms with Crippen LogP contribution in [-0.2, 0) is 19.6 Å². The highest BCUT2D eigenvalue weighted by Gasteiger charge is 2.48. The van der Waals surface area contributed by atoms with Gasteiger partial charge in [-0.05, 0) is 95.7 Å². The molecular formula is C56H34F6N+. The topological polar surface area (TPSA) is 0 Å². The van der Waals surface area contributed by atoms with Crippen molar-refractivity contribution >= 4 is 43.1 Å². The molecule has 0 saturated heterocycles. The Morgan fingerprint density at radius 2 is 0.810 bits per heavy atom. The molecule has 1 unspecified atom stereocenters. The largest absolute Gasteiger partial charge is 0.302 e. The maximum absolute atomic E-state index is 15.9. The molecule has 304 valence electrons. The van der Waals surface area contributed by atoms with Crippen LogP contribution in [0.5, 0.6) is 0 Å². The number of nitrogens with zero attached hydrogens (tertiary/aromatic N) is 1. The van der Waals surface area contributed by atoms with Crippen LogP contribution >= 0.6 is 0 Å². The quantitative estimate of drug-likeness (QED) is 0.0925. The van der Waals surface area contributed by atoms with Crippen molar-refractivity contribution in [2.24, 2.45) is 0 Å². The molecule has 0 fully saturated rings. The predicted molar refractivity (Wildman–Crippen MR) is 239 cm³/mol. The number of quaternary nitrogens is 1. The average Bonchev–Trinajstić information content (AvgIpc) is 3.52. The van der Waals surface area contributed by atoms with Crippen molar-refractivity contribution in [2.45, 2.75) is 25.7 Å². The second-order valence-electron chi connectivity index (χ2n) is 17.0. The molecule has 2 aliphatic rings. The van der Waals surface area contributed by atoms with Crippen LogP contribution in [-0.4, -0.2) is 4.48 Å². The van der Waals surface area contributed by atoms with Crippen LogP contribution in [0.15, 0.2) is 164 Å². The summed E-state index contributed by atoms with van der Waals surface area (Å²) in [6.07, 6.45) is 0. The van der Waals surface area contributed by atoms with Crippen LogP contribution in [0.1, 0.15) is 33.9 Å². The first-order valence-corrected chi connectivity index (χ1v) is 20.9. The first-order chi connectivity index (χ1) is 30.7. The lowest BCUT2D eigenvalue weighted by molar-refractivity contribution is -0.988.